The predicted molar refractivity (Wildman–Crippen MR) is 79.4 cm³/mol. The molecule has 2 rings (SSSR count). The first-order valence-electron chi connectivity index (χ1n) is 5.92. The van der Waals surface area contributed by atoms with Gasteiger partial charge in [0.1, 0.15) is 0 Å². The van der Waals surface area contributed by atoms with E-state index >= 15 is 0 Å². The first-order valence-corrected chi connectivity index (χ1v) is 7.12. The predicted octanol–water partition coefficient (Wildman–Crippen LogP) is 4.38. The van der Waals surface area contributed by atoms with Crippen LogP contribution in [0, 0.1) is 0 Å². The van der Waals surface area contributed by atoms with Crippen LogP contribution in [0.15, 0.2) is 58.3 Å². The van der Waals surface area contributed by atoms with Crippen LogP contribution in [0.4, 0.5) is 0 Å². The molecule has 1 atom stereocenters. The van der Waals surface area contributed by atoms with E-state index in [4.69, 9.17) is 17.3 Å². The number of nitrogens with two attached hydrogens (primary N) is 1. The number of halogens is 1. The van der Waals surface area contributed by atoms with Gasteiger partial charge in [0, 0.05) is 15.8 Å². The zero-order chi connectivity index (χ0) is 13.0. The SMILES string of the molecule is CC(N)Cc1ccccc1Sc1ccccc1Cl. The molecule has 0 saturated carbocycles. The summed E-state index contributed by atoms with van der Waals surface area (Å²) in [6, 6.07) is 16.4. The molecule has 2 N–H and O–H groups in total. The minimum Gasteiger partial charge on any atom is -0.328 e. The highest BCUT2D eigenvalue weighted by atomic mass is 35.5. The third-order valence-corrected chi connectivity index (χ3v) is 4.21. The lowest BCUT2D eigenvalue weighted by molar-refractivity contribution is 0.729. The van der Waals surface area contributed by atoms with E-state index in [1.165, 1.54) is 10.5 Å². The van der Waals surface area contributed by atoms with Crippen molar-refractivity contribution < 1.29 is 0 Å². The summed E-state index contributed by atoms with van der Waals surface area (Å²) in [6.07, 6.45) is 0.883. The van der Waals surface area contributed by atoms with Gasteiger partial charge in [-0.15, -0.1) is 0 Å². The summed E-state index contributed by atoms with van der Waals surface area (Å²) in [5, 5.41) is 0.790. The minimum atomic E-state index is 0.165. The largest absolute Gasteiger partial charge is 0.328 e. The van der Waals surface area contributed by atoms with Gasteiger partial charge in [0.2, 0.25) is 0 Å². The lowest BCUT2D eigenvalue weighted by Gasteiger charge is -2.11. The van der Waals surface area contributed by atoms with E-state index in [0.717, 1.165) is 16.3 Å². The molecule has 3 heteroatoms. The Morgan fingerprint density at radius 1 is 1.06 bits per heavy atom. The molecule has 0 aliphatic carbocycles. The fourth-order valence-corrected chi connectivity index (χ4v) is 2.99. The molecule has 0 bridgehead atoms. The van der Waals surface area contributed by atoms with E-state index in [1.807, 2.05) is 43.3 Å². The van der Waals surface area contributed by atoms with Crippen molar-refractivity contribution in [3.63, 3.8) is 0 Å². The van der Waals surface area contributed by atoms with Crippen molar-refractivity contribution in [3.8, 4) is 0 Å². The Bertz CT molecular complexity index is 525. The normalized spacial score (nSPS) is 12.4. The molecule has 0 aromatic heterocycles. The first-order chi connectivity index (χ1) is 8.66. The van der Waals surface area contributed by atoms with Crippen LogP contribution < -0.4 is 5.73 Å². The lowest BCUT2D eigenvalue weighted by Crippen LogP contribution is -2.18. The quantitative estimate of drug-likeness (QED) is 0.897. The monoisotopic (exact) mass is 277 g/mol. The molecule has 0 amide bonds. The Morgan fingerprint density at radius 2 is 1.67 bits per heavy atom. The van der Waals surface area contributed by atoms with Gasteiger partial charge in [-0.1, -0.05) is 53.7 Å². The first kappa shape index (κ1) is 13.5. The highest BCUT2D eigenvalue weighted by Crippen LogP contribution is 2.35. The van der Waals surface area contributed by atoms with Crippen molar-refractivity contribution in [2.24, 2.45) is 5.73 Å². The zero-order valence-electron chi connectivity index (χ0n) is 10.3. The molecule has 1 unspecified atom stereocenters. The molecule has 2 aromatic rings. The van der Waals surface area contributed by atoms with Gasteiger partial charge >= 0.3 is 0 Å². The Kier molecular flexibility index (Phi) is 4.70. The summed E-state index contributed by atoms with van der Waals surface area (Å²) in [5.41, 5.74) is 7.16. The van der Waals surface area contributed by atoms with Crippen molar-refractivity contribution in [3.05, 3.63) is 59.1 Å². The molecule has 1 nitrogen and oxygen atoms in total. The molecule has 0 aliphatic heterocycles. The van der Waals surface area contributed by atoms with Crippen LogP contribution in [-0.2, 0) is 6.42 Å². The minimum absolute atomic E-state index is 0.165. The van der Waals surface area contributed by atoms with Gasteiger partial charge in [0.15, 0.2) is 0 Å². The standard InChI is InChI=1S/C15H16ClNS/c1-11(17)10-12-6-2-4-8-14(12)18-15-9-5-3-7-13(15)16/h2-9,11H,10,17H2,1H3. The van der Waals surface area contributed by atoms with Crippen molar-refractivity contribution >= 4 is 23.4 Å². The third-order valence-electron chi connectivity index (χ3n) is 2.57. The van der Waals surface area contributed by atoms with Crippen LogP contribution >= 0.6 is 23.4 Å². The highest BCUT2D eigenvalue weighted by Gasteiger charge is 2.07. The van der Waals surface area contributed by atoms with Gasteiger partial charge in [-0.25, -0.2) is 0 Å². The maximum Gasteiger partial charge on any atom is 0.0545 e. The van der Waals surface area contributed by atoms with E-state index in [9.17, 15) is 0 Å². The molecule has 0 heterocycles. The summed E-state index contributed by atoms with van der Waals surface area (Å²) >= 11 is 7.88. The molecule has 0 fully saturated rings. The van der Waals surface area contributed by atoms with Gasteiger partial charge in [0.25, 0.3) is 0 Å². The van der Waals surface area contributed by atoms with E-state index < -0.39 is 0 Å². The van der Waals surface area contributed by atoms with Gasteiger partial charge in [0.05, 0.1) is 5.02 Å². The van der Waals surface area contributed by atoms with Gasteiger partial charge in [-0.2, -0.15) is 0 Å². The number of benzene rings is 2. The van der Waals surface area contributed by atoms with Crippen LogP contribution in [-0.4, -0.2) is 6.04 Å². The molecule has 2 aromatic carbocycles. The molecule has 0 radical (unpaired) electrons. The molecule has 18 heavy (non-hydrogen) atoms. The van der Waals surface area contributed by atoms with Crippen molar-refractivity contribution in [2.75, 3.05) is 0 Å². The van der Waals surface area contributed by atoms with Gasteiger partial charge < -0.3 is 5.73 Å². The smallest absolute Gasteiger partial charge is 0.0545 e. The van der Waals surface area contributed by atoms with Gasteiger partial charge in [-0.3, -0.25) is 0 Å². The second-order valence-corrected chi connectivity index (χ2v) is 5.81. The van der Waals surface area contributed by atoms with E-state index in [1.54, 1.807) is 11.8 Å². The number of hydrogen-bond donors (Lipinski definition) is 1. The van der Waals surface area contributed by atoms with Crippen LogP contribution in [0.3, 0.4) is 0 Å². The van der Waals surface area contributed by atoms with Crippen molar-refractivity contribution in [1.82, 2.24) is 0 Å². The average Bonchev–Trinajstić information content (AvgIpc) is 2.34. The Morgan fingerprint density at radius 3 is 2.33 bits per heavy atom. The topological polar surface area (TPSA) is 26.0 Å². The van der Waals surface area contributed by atoms with Crippen LogP contribution in [0.2, 0.25) is 5.02 Å². The van der Waals surface area contributed by atoms with Crippen LogP contribution in [0.25, 0.3) is 0 Å². The molecule has 94 valence electrons. The summed E-state index contributed by atoms with van der Waals surface area (Å²) in [5.74, 6) is 0. The second kappa shape index (κ2) is 6.28. The Labute approximate surface area is 117 Å². The fraction of sp³-hybridized carbons (Fsp3) is 0.200. The summed E-state index contributed by atoms with van der Waals surface area (Å²) in [4.78, 5) is 2.30. The zero-order valence-corrected chi connectivity index (χ0v) is 11.8. The maximum atomic E-state index is 6.19. The Balaban J connectivity index is 2.26. The maximum absolute atomic E-state index is 6.19. The third kappa shape index (κ3) is 3.52. The summed E-state index contributed by atoms with van der Waals surface area (Å²) in [7, 11) is 0. The number of rotatable bonds is 4. The van der Waals surface area contributed by atoms with Gasteiger partial charge in [-0.05, 0) is 37.1 Å². The molecular weight excluding hydrogens is 262 g/mol. The molecular formula is C15H16ClNS. The average molecular weight is 278 g/mol. The van der Waals surface area contributed by atoms with Crippen LogP contribution in [0.1, 0.15) is 12.5 Å². The fourth-order valence-electron chi connectivity index (χ4n) is 1.76. The molecule has 0 aliphatic rings. The lowest BCUT2D eigenvalue weighted by atomic mass is 10.1. The summed E-state index contributed by atoms with van der Waals surface area (Å²) in [6.45, 7) is 2.02. The highest BCUT2D eigenvalue weighted by molar-refractivity contribution is 7.99. The summed E-state index contributed by atoms with van der Waals surface area (Å²) < 4.78 is 0. The van der Waals surface area contributed by atoms with Crippen molar-refractivity contribution in [2.45, 2.75) is 29.2 Å². The molecule has 0 saturated heterocycles. The Hall–Kier alpha value is -0.960. The van der Waals surface area contributed by atoms with E-state index in [2.05, 4.69) is 12.1 Å². The van der Waals surface area contributed by atoms with Crippen molar-refractivity contribution in [1.29, 1.82) is 0 Å². The second-order valence-electron chi connectivity index (χ2n) is 4.32. The van der Waals surface area contributed by atoms with Crippen LogP contribution in [0.5, 0.6) is 0 Å². The van der Waals surface area contributed by atoms with E-state index in [0.29, 0.717) is 0 Å². The van der Waals surface area contributed by atoms with E-state index in [-0.39, 0.29) is 6.04 Å². The molecule has 0 spiro atoms. The number of hydrogen-bond acceptors (Lipinski definition) is 2.